The number of aliphatic hydroxyl groups is 1. The molecule has 2 N–H and O–H groups in total. The summed E-state index contributed by atoms with van der Waals surface area (Å²) in [7, 11) is -3.93. The molecule has 0 bridgehead atoms. The molecule has 0 saturated heterocycles. The van der Waals surface area contributed by atoms with Gasteiger partial charge in [-0.25, -0.2) is 9.59 Å². The van der Waals surface area contributed by atoms with Crippen LogP contribution in [0.5, 0.6) is 5.75 Å². The lowest BCUT2D eigenvalue weighted by Crippen LogP contribution is -2.41. The molecule has 0 aromatic heterocycles. The second kappa shape index (κ2) is 13.3. The van der Waals surface area contributed by atoms with Crippen molar-refractivity contribution in [1.29, 1.82) is 0 Å². The van der Waals surface area contributed by atoms with Crippen molar-refractivity contribution in [2.24, 2.45) is 5.41 Å². The number of hydrogen-bond acceptors (Lipinski definition) is 10. The van der Waals surface area contributed by atoms with E-state index in [1.807, 2.05) is 0 Å². The zero-order valence-corrected chi connectivity index (χ0v) is 20.8. The molecule has 0 fully saturated rings. The van der Waals surface area contributed by atoms with E-state index in [1.165, 1.54) is 26.8 Å². The van der Waals surface area contributed by atoms with Gasteiger partial charge in [0, 0.05) is 24.4 Å². The van der Waals surface area contributed by atoms with Gasteiger partial charge in [0.1, 0.15) is 12.4 Å². The molecular formula is C22H33NO10S. The van der Waals surface area contributed by atoms with Crippen molar-refractivity contribution in [3.63, 3.8) is 0 Å². The first-order valence-electron chi connectivity index (χ1n) is 10.7. The Balaban J connectivity index is 2.64. The highest BCUT2D eigenvalue weighted by Gasteiger charge is 2.36. The molecule has 0 aliphatic rings. The normalized spacial score (nSPS) is 12.7. The van der Waals surface area contributed by atoms with Crippen LogP contribution in [-0.4, -0.2) is 62.7 Å². The quantitative estimate of drug-likeness (QED) is 0.176. The van der Waals surface area contributed by atoms with E-state index in [4.69, 9.17) is 18.4 Å². The molecule has 12 heteroatoms. The summed E-state index contributed by atoms with van der Waals surface area (Å²) in [6, 6.07) is 6.33. The van der Waals surface area contributed by atoms with Gasteiger partial charge in [-0.05, 0) is 26.3 Å². The summed E-state index contributed by atoms with van der Waals surface area (Å²) < 4.78 is 44.2. The fourth-order valence-corrected chi connectivity index (χ4v) is 3.57. The fourth-order valence-electron chi connectivity index (χ4n) is 2.47. The summed E-state index contributed by atoms with van der Waals surface area (Å²) in [4.78, 5) is 35.0. The molecule has 0 aliphatic carbocycles. The minimum absolute atomic E-state index is 0.128. The van der Waals surface area contributed by atoms with E-state index in [-0.39, 0.29) is 43.1 Å². The number of amides is 1. The summed E-state index contributed by atoms with van der Waals surface area (Å²) in [6.07, 6.45) is -2.83. The van der Waals surface area contributed by atoms with Crippen LogP contribution >= 0.6 is 0 Å². The van der Waals surface area contributed by atoms with E-state index in [0.717, 1.165) is 0 Å². The van der Waals surface area contributed by atoms with Gasteiger partial charge in [0.15, 0.2) is 6.10 Å². The van der Waals surface area contributed by atoms with Gasteiger partial charge in [0.05, 0.1) is 18.5 Å². The Hall–Kier alpha value is -2.70. The lowest BCUT2D eigenvalue weighted by molar-refractivity contribution is -0.162. The first-order chi connectivity index (χ1) is 15.7. The highest BCUT2D eigenvalue weighted by atomic mass is 32.2. The Labute approximate surface area is 199 Å². The van der Waals surface area contributed by atoms with Crippen LogP contribution in [0.25, 0.3) is 0 Å². The van der Waals surface area contributed by atoms with Crippen LogP contribution in [0.4, 0.5) is 4.79 Å². The minimum Gasteiger partial charge on any atom is -0.459 e. The van der Waals surface area contributed by atoms with E-state index in [2.05, 4.69) is 5.32 Å². The average molecular weight is 504 g/mol. The predicted molar refractivity (Wildman–Crippen MR) is 121 cm³/mol. The molecule has 11 nitrogen and oxygen atoms in total. The van der Waals surface area contributed by atoms with Crippen LogP contribution in [0.3, 0.4) is 0 Å². The van der Waals surface area contributed by atoms with Crippen LogP contribution in [-0.2, 0) is 40.0 Å². The molecule has 1 aromatic carbocycles. The Morgan fingerprint density at radius 3 is 2.41 bits per heavy atom. The van der Waals surface area contributed by atoms with Gasteiger partial charge in [0.25, 0.3) is 10.1 Å². The molecule has 0 unspecified atom stereocenters. The van der Waals surface area contributed by atoms with Gasteiger partial charge in [0.2, 0.25) is 5.91 Å². The topological polar surface area (TPSA) is 155 Å². The molecule has 0 aliphatic heterocycles. The number of carbonyl (C=O) groups excluding carboxylic acids is 3. The van der Waals surface area contributed by atoms with E-state index < -0.39 is 40.4 Å². The second-order valence-electron chi connectivity index (χ2n) is 8.49. The second-order valence-corrected chi connectivity index (χ2v) is 10.2. The van der Waals surface area contributed by atoms with Crippen molar-refractivity contribution in [2.75, 3.05) is 18.9 Å². The van der Waals surface area contributed by atoms with E-state index in [0.29, 0.717) is 5.56 Å². The fraction of sp³-hybridized carbons (Fsp3) is 0.591. The molecule has 1 aromatic rings. The number of nitrogens with one attached hydrogen (secondary N) is 1. The number of esters is 1. The summed E-state index contributed by atoms with van der Waals surface area (Å²) in [5, 5.41) is 12.9. The lowest BCUT2D eigenvalue weighted by atomic mass is 9.88. The molecule has 1 atom stereocenters. The number of aliphatic hydroxyl groups excluding tert-OH is 1. The number of rotatable bonds is 13. The number of ether oxygens (including phenoxy) is 3. The van der Waals surface area contributed by atoms with Crippen molar-refractivity contribution >= 4 is 28.1 Å². The van der Waals surface area contributed by atoms with Crippen LogP contribution in [0.1, 0.15) is 46.6 Å². The van der Waals surface area contributed by atoms with Gasteiger partial charge >= 0.3 is 12.1 Å². The third-order valence-corrected chi connectivity index (χ3v) is 5.65. The maximum absolute atomic E-state index is 12.4. The summed E-state index contributed by atoms with van der Waals surface area (Å²) >= 11 is 0. The average Bonchev–Trinajstić information content (AvgIpc) is 2.73. The first-order valence-corrected chi connectivity index (χ1v) is 12.2. The summed E-state index contributed by atoms with van der Waals surface area (Å²) in [5.41, 5.74) is -0.932. The molecule has 0 heterocycles. The van der Waals surface area contributed by atoms with Gasteiger partial charge in [-0.15, -0.1) is 0 Å². The highest BCUT2D eigenvalue weighted by Crippen LogP contribution is 2.25. The van der Waals surface area contributed by atoms with E-state index in [1.54, 1.807) is 32.0 Å². The maximum atomic E-state index is 12.4. The van der Waals surface area contributed by atoms with Gasteiger partial charge in [-0.2, -0.15) is 8.42 Å². The van der Waals surface area contributed by atoms with Crippen LogP contribution < -0.4 is 10.1 Å². The summed E-state index contributed by atoms with van der Waals surface area (Å²) in [5.74, 6) is -1.48. The van der Waals surface area contributed by atoms with Gasteiger partial charge in [-0.1, -0.05) is 32.0 Å². The predicted octanol–water partition coefficient (Wildman–Crippen LogP) is 1.91. The number of para-hydroxylation sites is 1. The Morgan fingerprint density at radius 2 is 1.79 bits per heavy atom. The lowest BCUT2D eigenvalue weighted by Gasteiger charge is -2.28. The molecule has 1 rings (SSSR count). The van der Waals surface area contributed by atoms with E-state index >= 15 is 0 Å². The van der Waals surface area contributed by atoms with E-state index in [9.17, 15) is 27.9 Å². The van der Waals surface area contributed by atoms with Gasteiger partial charge < -0.3 is 24.6 Å². The van der Waals surface area contributed by atoms with Crippen molar-refractivity contribution in [3.05, 3.63) is 29.8 Å². The molecule has 0 radical (unpaired) electrons. The number of hydrogen-bond donors (Lipinski definition) is 2. The Kier molecular flexibility index (Phi) is 11.4. The van der Waals surface area contributed by atoms with Crippen LogP contribution in [0.2, 0.25) is 0 Å². The first kappa shape index (κ1) is 29.3. The smallest absolute Gasteiger partial charge is 0.459 e. The monoisotopic (exact) mass is 503 g/mol. The highest BCUT2D eigenvalue weighted by molar-refractivity contribution is 7.86. The molecule has 192 valence electrons. The van der Waals surface area contributed by atoms with Crippen LogP contribution in [0.15, 0.2) is 24.3 Å². The molecule has 0 spiro atoms. The molecule has 0 saturated carbocycles. The summed E-state index contributed by atoms with van der Waals surface area (Å²) in [6.45, 7) is 6.95. The standard InChI is InChI=1S/C22H33NO10S/c1-15(2)32-21(27)33-18-10-7-6-9-17(18)13-30-20(26)19(25)22(4,5)14-31-34(28,29)12-8-11-23-16(3)24/h6-7,9-10,15,19,25H,8,11-14H2,1-5H3,(H,23,24)/t19-/m0/s1. The Morgan fingerprint density at radius 1 is 1.15 bits per heavy atom. The number of benzene rings is 1. The maximum Gasteiger partial charge on any atom is 0.514 e. The van der Waals surface area contributed by atoms with Crippen molar-refractivity contribution < 1.29 is 46.3 Å². The largest absolute Gasteiger partial charge is 0.514 e. The zero-order chi connectivity index (χ0) is 25.9. The molecule has 1 amide bonds. The van der Waals surface area contributed by atoms with Crippen molar-refractivity contribution in [3.8, 4) is 5.75 Å². The van der Waals surface area contributed by atoms with Crippen molar-refractivity contribution in [2.45, 2.75) is 59.9 Å². The minimum atomic E-state index is -3.93. The third-order valence-electron chi connectivity index (χ3n) is 4.39. The SMILES string of the molecule is CC(=O)NCCCS(=O)(=O)OCC(C)(C)[C@@H](O)C(=O)OCc1ccccc1OC(=O)OC(C)C. The Bertz CT molecular complexity index is 943. The van der Waals surface area contributed by atoms with Crippen LogP contribution in [0, 0.1) is 5.41 Å². The third kappa shape index (κ3) is 10.9. The number of carbonyl (C=O) groups is 3. The molecule has 34 heavy (non-hydrogen) atoms. The van der Waals surface area contributed by atoms with Gasteiger partial charge in [-0.3, -0.25) is 8.98 Å². The van der Waals surface area contributed by atoms with Crippen molar-refractivity contribution in [1.82, 2.24) is 5.32 Å². The zero-order valence-electron chi connectivity index (χ0n) is 20.0. The molecular weight excluding hydrogens is 470 g/mol.